The molecule has 0 aromatic heterocycles. The molecule has 0 saturated heterocycles. The Morgan fingerprint density at radius 1 is 0.968 bits per heavy atom. The van der Waals surface area contributed by atoms with Gasteiger partial charge in [-0.15, -0.1) is 0 Å². The number of hydrogen-bond acceptors (Lipinski definition) is 3. The number of hydrogen-bond donors (Lipinski definition) is 1. The number of aryl methyl sites for hydroxylation is 1. The summed E-state index contributed by atoms with van der Waals surface area (Å²) in [6.07, 6.45) is 1.80. The van der Waals surface area contributed by atoms with E-state index in [4.69, 9.17) is 10.5 Å². The van der Waals surface area contributed by atoms with Crippen molar-refractivity contribution in [3.8, 4) is 5.75 Å². The summed E-state index contributed by atoms with van der Waals surface area (Å²) in [6.45, 7) is 0.553. The maximum Gasteiger partial charge on any atom is 0.256 e. The van der Waals surface area contributed by atoms with Gasteiger partial charge in [-0.1, -0.05) is 60.7 Å². The van der Waals surface area contributed by atoms with E-state index in [1.807, 2.05) is 66.7 Å². The van der Waals surface area contributed by atoms with Gasteiger partial charge in [-0.3, -0.25) is 4.79 Å². The van der Waals surface area contributed by atoms with Crippen LogP contribution in [-0.4, -0.2) is 30.0 Å². The van der Waals surface area contributed by atoms with Crippen LogP contribution in [0.5, 0.6) is 5.75 Å². The lowest BCUT2D eigenvalue weighted by molar-refractivity contribution is -0.421. The van der Waals surface area contributed by atoms with Gasteiger partial charge in [0.25, 0.3) is 5.91 Å². The topological polar surface area (TPSA) is 78.4 Å². The van der Waals surface area contributed by atoms with Gasteiger partial charge in [0.2, 0.25) is 5.71 Å². The largest absolute Gasteiger partial charge is 0.624 e. The number of fused-ring (bicyclic) bond motifs is 1. The summed E-state index contributed by atoms with van der Waals surface area (Å²) in [5.41, 5.74) is 10.5. The molecule has 0 saturated carbocycles. The van der Waals surface area contributed by atoms with Gasteiger partial charge in [0, 0.05) is 5.57 Å². The normalized spacial score (nSPS) is 14.4. The molecule has 5 heteroatoms. The summed E-state index contributed by atoms with van der Waals surface area (Å²) in [5, 5.41) is 12.4. The maximum atomic E-state index is 12.4. The third-order valence-corrected chi connectivity index (χ3v) is 5.35. The Morgan fingerprint density at radius 2 is 1.65 bits per heavy atom. The summed E-state index contributed by atoms with van der Waals surface area (Å²) in [5.74, 6) is 0.0300. The summed E-state index contributed by atoms with van der Waals surface area (Å²) < 4.78 is 6.65. The fourth-order valence-electron chi connectivity index (χ4n) is 4.00. The maximum absolute atomic E-state index is 12.4. The molecule has 31 heavy (non-hydrogen) atoms. The summed E-state index contributed by atoms with van der Waals surface area (Å²) in [4.78, 5) is 12.3. The second-order valence-electron chi connectivity index (χ2n) is 7.47. The Hall–Kier alpha value is -3.86. The van der Waals surface area contributed by atoms with Crippen molar-refractivity contribution < 1.29 is 14.3 Å². The van der Waals surface area contributed by atoms with Gasteiger partial charge in [-0.25, -0.2) is 4.74 Å². The van der Waals surface area contributed by atoms with Crippen LogP contribution in [-0.2, 0) is 11.2 Å². The third kappa shape index (κ3) is 4.21. The lowest BCUT2D eigenvalue weighted by Gasteiger charge is -2.10. The van der Waals surface area contributed by atoms with E-state index in [0.29, 0.717) is 28.2 Å². The Balaban J connectivity index is 1.62. The molecule has 0 atom stereocenters. The Labute approximate surface area is 181 Å². The molecule has 0 fully saturated rings. The number of hydroxylamine groups is 1. The number of nitrogens with zero attached hydrogens (tertiary/aromatic N) is 1. The lowest BCUT2D eigenvalue weighted by atomic mass is 9.97. The van der Waals surface area contributed by atoms with Crippen molar-refractivity contribution >= 4 is 17.2 Å². The molecule has 0 radical (unpaired) electrons. The van der Waals surface area contributed by atoms with E-state index in [1.54, 1.807) is 0 Å². The minimum atomic E-state index is -0.627. The van der Waals surface area contributed by atoms with Gasteiger partial charge in [0.1, 0.15) is 18.4 Å². The molecule has 5 nitrogen and oxygen atoms in total. The minimum absolute atomic E-state index is 0.236. The molecule has 1 amide bonds. The van der Waals surface area contributed by atoms with E-state index >= 15 is 0 Å². The van der Waals surface area contributed by atoms with Crippen LogP contribution in [0.15, 0.2) is 84.4 Å². The van der Waals surface area contributed by atoms with Crippen molar-refractivity contribution in [1.82, 2.24) is 0 Å². The fraction of sp³-hybridized carbons (Fsp3) is 0.154. The Bertz CT molecular complexity index is 1160. The first kappa shape index (κ1) is 20.4. The fourth-order valence-corrected chi connectivity index (χ4v) is 4.00. The van der Waals surface area contributed by atoms with E-state index in [0.717, 1.165) is 24.0 Å². The highest BCUT2D eigenvalue weighted by molar-refractivity contribution is 6.36. The average Bonchev–Trinajstić information content (AvgIpc) is 3.13. The van der Waals surface area contributed by atoms with E-state index in [9.17, 15) is 10.0 Å². The molecule has 3 aromatic rings. The number of rotatable bonds is 7. The predicted octanol–water partition coefficient (Wildman–Crippen LogP) is 3.93. The van der Waals surface area contributed by atoms with Crippen LogP contribution in [0, 0.1) is 5.21 Å². The van der Waals surface area contributed by atoms with Crippen molar-refractivity contribution in [2.45, 2.75) is 12.8 Å². The predicted molar refractivity (Wildman–Crippen MR) is 122 cm³/mol. The van der Waals surface area contributed by atoms with Gasteiger partial charge < -0.3 is 15.7 Å². The van der Waals surface area contributed by atoms with Crippen LogP contribution in [0.1, 0.15) is 28.7 Å². The first-order chi connectivity index (χ1) is 15.1. The second-order valence-corrected chi connectivity index (χ2v) is 7.47. The molecule has 0 spiro atoms. The molecular formula is C26H24N2O3. The molecule has 1 aliphatic carbocycles. The number of carbonyl (C=O) groups is 1. The lowest BCUT2D eigenvalue weighted by Crippen LogP contribution is -2.24. The summed E-state index contributed by atoms with van der Waals surface area (Å²) in [6, 6.07) is 25.3. The SMILES string of the molecule is C/[N+]([O-])=C1\C(C(N)=O)=C(c2ccccc2)c2ccc(OCCCc3ccccc3)cc21. The highest BCUT2D eigenvalue weighted by Crippen LogP contribution is 2.39. The van der Waals surface area contributed by atoms with Crippen LogP contribution in [0.25, 0.3) is 5.57 Å². The van der Waals surface area contributed by atoms with E-state index in [2.05, 4.69) is 12.1 Å². The van der Waals surface area contributed by atoms with Crippen LogP contribution >= 0.6 is 0 Å². The standard InChI is InChI=1S/C26H24N2O3/c1-28(30)25-22-17-20(31-16-8-11-18-9-4-2-5-10-18)14-15-21(22)23(24(25)26(27)29)19-12-6-3-7-13-19/h2-7,9-10,12-15,17H,8,11,16H2,1H3,(H2,27,29)/b28-25+. The van der Waals surface area contributed by atoms with Crippen molar-refractivity contribution in [1.29, 1.82) is 0 Å². The summed E-state index contributed by atoms with van der Waals surface area (Å²) in [7, 11) is 1.38. The zero-order valence-electron chi connectivity index (χ0n) is 17.4. The van der Waals surface area contributed by atoms with Crippen LogP contribution in [0.4, 0.5) is 0 Å². The number of carbonyl (C=O) groups excluding carboxylic acids is 1. The molecule has 0 unspecified atom stereocenters. The first-order valence-corrected chi connectivity index (χ1v) is 10.3. The van der Waals surface area contributed by atoms with E-state index < -0.39 is 5.91 Å². The van der Waals surface area contributed by atoms with Crippen LogP contribution in [0.2, 0.25) is 0 Å². The van der Waals surface area contributed by atoms with Crippen LogP contribution < -0.4 is 10.5 Å². The number of nitrogens with two attached hydrogens (primary N) is 1. The van der Waals surface area contributed by atoms with Crippen LogP contribution in [0.3, 0.4) is 0 Å². The van der Waals surface area contributed by atoms with Crippen molar-refractivity contribution in [2.75, 3.05) is 13.7 Å². The second kappa shape index (κ2) is 8.88. The smallest absolute Gasteiger partial charge is 0.256 e. The molecule has 4 rings (SSSR count). The monoisotopic (exact) mass is 412 g/mol. The molecule has 1 aliphatic rings. The number of amides is 1. The number of ether oxygens (including phenoxy) is 1. The first-order valence-electron chi connectivity index (χ1n) is 10.3. The number of benzene rings is 3. The van der Waals surface area contributed by atoms with Crippen molar-refractivity contribution in [2.24, 2.45) is 5.73 Å². The van der Waals surface area contributed by atoms with Gasteiger partial charge in [-0.05, 0) is 47.7 Å². The molecule has 3 aromatic carbocycles. The molecule has 156 valence electrons. The minimum Gasteiger partial charge on any atom is -0.624 e. The third-order valence-electron chi connectivity index (χ3n) is 5.35. The van der Waals surface area contributed by atoms with Crippen molar-refractivity contribution in [3.05, 3.63) is 112 Å². The average molecular weight is 412 g/mol. The highest BCUT2D eigenvalue weighted by atomic mass is 16.5. The van der Waals surface area contributed by atoms with Gasteiger partial charge in [-0.2, -0.15) is 0 Å². The van der Waals surface area contributed by atoms with Gasteiger partial charge in [0.15, 0.2) is 0 Å². The molecule has 0 heterocycles. The zero-order chi connectivity index (χ0) is 21.8. The van der Waals surface area contributed by atoms with Gasteiger partial charge in [0.05, 0.1) is 12.2 Å². The van der Waals surface area contributed by atoms with E-state index in [1.165, 1.54) is 12.6 Å². The zero-order valence-corrected chi connectivity index (χ0v) is 17.4. The molecular weight excluding hydrogens is 388 g/mol. The highest BCUT2D eigenvalue weighted by Gasteiger charge is 2.37. The molecule has 2 N–H and O–H groups in total. The molecule has 0 aliphatic heterocycles. The van der Waals surface area contributed by atoms with Crippen molar-refractivity contribution in [3.63, 3.8) is 0 Å². The quantitative estimate of drug-likeness (QED) is 0.276. The Morgan fingerprint density at radius 3 is 2.29 bits per heavy atom. The van der Waals surface area contributed by atoms with E-state index in [-0.39, 0.29) is 11.3 Å². The molecule has 0 bridgehead atoms. The summed E-state index contributed by atoms with van der Waals surface area (Å²) >= 11 is 0. The van der Waals surface area contributed by atoms with Gasteiger partial charge >= 0.3 is 0 Å². The number of primary amides is 1. The Kier molecular flexibility index (Phi) is 5.85.